The second kappa shape index (κ2) is 8.90. The first-order valence-corrected chi connectivity index (χ1v) is 13.4. The molecule has 0 aromatic carbocycles. The molecular formula is C26H44N4O2. The van der Waals surface area contributed by atoms with Gasteiger partial charge in [0.25, 0.3) is 0 Å². The summed E-state index contributed by atoms with van der Waals surface area (Å²) < 4.78 is 0. The Bertz CT molecular complexity index is 707. The van der Waals surface area contributed by atoms with Gasteiger partial charge in [0.2, 0.25) is 11.8 Å². The van der Waals surface area contributed by atoms with Gasteiger partial charge in [-0.05, 0) is 82.5 Å². The maximum Gasteiger partial charge on any atom is 0.228 e. The van der Waals surface area contributed by atoms with E-state index in [0.29, 0.717) is 17.9 Å². The van der Waals surface area contributed by atoms with Gasteiger partial charge in [-0.3, -0.25) is 15.0 Å². The minimum Gasteiger partial charge on any atom is -0.339 e. The fourth-order valence-electron chi connectivity index (χ4n) is 7.71. The number of fused-ring (bicyclic) bond motifs is 1. The van der Waals surface area contributed by atoms with Crippen molar-refractivity contribution in [3.63, 3.8) is 0 Å². The molecule has 2 saturated heterocycles. The first-order valence-electron chi connectivity index (χ1n) is 13.4. The molecule has 3 saturated carbocycles. The molecule has 0 aromatic heterocycles. The number of hydrazine groups is 1. The number of hydrogen-bond donors (Lipinski definition) is 1. The van der Waals surface area contributed by atoms with Crippen LogP contribution in [0.25, 0.3) is 0 Å². The van der Waals surface area contributed by atoms with Crippen LogP contribution in [-0.4, -0.2) is 71.9 Å². The summed E-state index contributed by atoms with van der Waals surface area (Å²) in [5.74, 6) is 3.36. The minimum atomic E-state index is -0.120. The molecular weight excluding hydrogens is 400 g/mol. The summed E-state index contributed by atoms with van der Waals surface area (Å²) in [4.78, 5) is 30.1. The summed E-state index contributed by atoms with van der Waals surface area (Å²) in [6, 6.07) is 1.32. The van der Waals surface area contributed by atoms with E-state index >= 15 is 0 Å². The monoisotopic (exact) mass is 444 g/mol. The zero-order valence-corrected chi connectivity index (χ0v) is 20.5. The third kappa shape index (κ3) is 4.11. The molecule has 5 rings (SSSR count). The average Bonchev–Trinajstić information content (AvgIpc) is 3.09. The van der Waals surface area contributed by atoms with E-state index < -0.39 is 0 Å². The molecule has 3 aliphatic carbocycles. The molecule has 5 fully saturated rings. The van der Waals surface area contributed by atoms with Gasteiger partial charge >= 0.3 is 0 Å². The van der Waals surface area contributed by atoms with Crippen molar-refractivity contribution in [1.29, 1.82) is 0 Å². The van der Waals surface area contributed by atoms with Gasteiger partial charge in [-0.15, -0.1) is 0 Å². The Labute approximate surface area is 194 Å². The second-order valence-electron chi connectivity index (χ2n) is 12.0. The molecule has 0 radical (unpaired) electrons. The molecule has 6 heteroatoms. The highest BCUT2D eigenvalue weighted by Crippen LogP contribution is 2.45. The van der Waals surface area contributed by atoms with Crippen molar-refractivity contribution in [2.45, 2.75) is 90.1 Å². The molecule has 2 aliphatic heterocycles. The predicted molar refractivity (Wildman–Crippen MR) is 126 cm³/mol. The lowest BCUT2D eigenvalue weighted by Crippen LogP contribution is -2.56. The van der Waals surface area contributed by atoms with Crippen LogP contribution in [0, 0.1) is 29.1 Å². The summed E-state index contributed by atoms with van der Waals surface area (Å²) in [6.07, 6.45) is 11.9. The highest BCUT2D eigenvalue weighted by Gasteiger charge is 2.45. The summed E-state index contributed by atoms with van der Waals surface area (Å²) in [6.45, 7) is 7.36. The lowest BCUT2D eigenvalue weighted by molar-refractivity contribution is -0.151. The van der Waals surface area contributed by atoms with Crippen LogP contribution < -0.4 is 5.43 Å². The summed E-state index contributed by atoms with van der Waals surface area (Å²) in [5, 5.41) is 2.36. The van der Waals surface area contributed by atoms with Crippen LogP contribution in [0.1, 0.15) is 78.1 Å². The Morgan fingerprint density at radius 1 is 0.875 bits per heavy atom. The van der Waals surface area contributed by atoms with Crippen LogP contribution in [-0.2, 0) is 9.59 Å². The molecule has 2 heterocycles. The van der Waals surface area contributed by atoms with Crippen LogP contribution in [0.3, 0.4) is 0 Å². The summed E-state index contributed by atoms with van der Waals surface area (Å²) >= 11 is 0. The molecule has 2 amide bonds. The fourth-order valence-corrected chi connectivity index (χ4v) is 7.71. The minimum absolute atomic E-state index is 0.120. The zero-order chi connectivity index (χ0) is 22.5. The molecule has 32 heavy (non-hydrogen) atoms. The quantitative estimate of drug-likeness (QED) is 0.726. The van der Waals surface area contributed by atoms with Crippen LogP contribution >= 0.6 is 0 Å². The molecule has 0 aromatic rings. The number of carbonyl (C=O) groups excluding carboxylic acids is 2. The molecule has 180 valence electrons. The zero-order valence-electron chi connectivity index (χ0n) is 20.5. The van der Waals surface area contributed by atoms with E-state index in [1.54, 1.807) is 0 Å². The van der Waals surface area contributed by atoms with E-state index in [4.69, 9.17) is 0 Å². The SMILES string of the molecule is CC1NN(C)C2CCC(C3CCC(C(=O)N4CCN(C(=O)C5(C)CCC5)CC4)CC3)CC12. The van der Waals surface area contributed by atoms with E-state index in [-0.39, 0.29) is 11.3 Å². The lowest BCUT2D eigenvalue weighted by Gasteiger charge is -2.44. The fraction of sp³-hybridized carbons (Fsp3) is 0.923. The number of rotatable bonds is 3. The van der Waals surface area contributed by atoms with Crippen molar-refractivity contribution in [3.8, 4) is 0 Å². The number of amides is 2. The second-order valence-corrected chi connectivity index (χ2v) is 12.0. The number of piperazine rings is 1. The maximum atomic E-state index is 13.2. The van der Waals surface area contributed by atoms with Crippen LogP contribution in [0.5, 0.6) is 0 Å². The highest BCUT2D eigenvalue weighted by atomic mass is 16.2. The van der Waals surface area contributed by atoms with Gasteiger partial charge in [0.1, 0.15) is 0 Å². The van der Waals surface area contributed by atoms with Crippen LogP contribution in [0.15, 0.2) is 0 Å². The van der Waals surface area contributed by atoms with Gasteiger partial charge in [0.05, 0.1) is 0 Å². The van der Waals surface area contributed by atoms with Crippen molar-refractivity contribution < 1.29 is 9.59 Å². The highest BCUT2D eigenvalue weighted by molar-refractivity contribution is 5.84. The van der Waals surface area contributed by atoms with Gasteiger partial charge in [-0.1, -0.05) is 13.3 Å². The smallest absolute Gasteiger partial charge is 0.228 e. The molecule has 6 nitrogen and oxygen atoms in total. The Balaban J connectivity index is 1.07. The summed E-state index contributed by atoms with van der Waals surface area (Å²) in [7, 11) is 2.21. The van der Waals surface area contributed by atoms with E-state index in [1.807, 2.05) is 4.90 Å². The van der Waals surface area contributed by atoms with Crippen molar-refractivity contribution in [3.05, 3.63) is 0 Å². The molecule has 5 aliphatic rings. The van der Waals surface area contributed by atoms with E-state index in [2.05, 4.69) is 36.2 Å². The largest absolute Gasteiger partial charge is 0.339 e. The topological polar surface area (TPSA) is 55.9 Å². The van der Waals surface area contributed by atoms with Crippen molar-refractivity contribution in [2.75, 3.05) is 33.2 Å². The van der Waals surface area contributed by atoms with Gasteiger partial charge in [-0.2, -0.15) is 0 Å². The average molecular weight is 445 g/mol. The third-order valence-corrected chi connectivity index (χ3v) is 10.1. The van der Waals surface area contributed by atoms with E-state index in [1.165, 1.54) is 38.5 Å². The molecule has 0 bridgehead atoms. The van der Waals surface area contributed by atoms with Gasteiger partial charge in [-0.25, -0.2) is 5.01 Å². The lowest BCUT2D eigenvalue weighted by atomic mass is 9.66. The van der Waals surface area contributed by atoms with Crippen molar-refractivity contribution >= 4 is 11.8 Å². The standard InChI is InChI=1S/C26H44N4O2/c1-18-22-17-21(9-10-23(22)28(3)27-18)19-5-7-20(8-6-19)24(31)29-13-15-30(16-14-29)25(32)26(2)11-4-12-26/h18-23,27H,4-17H2,1-3H3. The molecule has 4 unspecified atom stereocenters. The van der Waals surface area contributed by atoms with Gasteiger partial charge in [0.15, 0.2) is 0 Å². The number of hydrogen-bond acceptors (Lipinski definition) is 4. The first kappa shape index (κ1) is 22.6. The Morgan fingerprint density at radius 2 is 1.50 bits per heavy atom. The third-order valence-electron chi connectivity index (χ3n) is 10.1. The maximum absolute atomic E-state index is 13.2. The first-order chi connectivity index (χ1) is 15.4. The normalized spacial score (nSPS) is 40.0. The van der Waals surface area contributed by atoms with Gasteiger partial charge < -0.3 is 9.80 Å². The predicted octanol–water partition coefficient (Wildman–Crippen LogP) is 3.28. The molecule has 0 spiro atoms. The number of nitrogens with one attached hydrogen (secondary N) is 1. The van der Waals surface area contributed by atoms with Crippen molar-refractivity contribution in [1.82, 2.24) is 20.2 Å². The van der Waals surface area contributed by atoms with E-state index in [0.717, 1.165) is 75.7 Å². The Hall–Kier alpha value is -1.14. The van der Waals surface area contributed by atoms with E-state index in [9.17, 15) is 9.59 Å². The molecule has 4 atom stereocenters. The number of nitrogens with zero attached hydrogens (tertiary/aromatic N) is 3. The van der Waals surface area contributed by atoms with Crippen LogP contribution in [0.2, 0.25) is 0 Å². The van der Waals surface area contributed by atoms with Gasteiger partial charge in [0, 0.05) is 56.6 Å². The number of carbonyl (C=O) groups is 2. The Morgan fingerprint density at radius 3 is 2.12 bits per heavy atom. The van der Waals surface area contributed by atoms with Crippen LogP contribution in [0.4, 0.5) is 0 Å². The Kier molecular flexibility index (Phi) is 6.30. The molecule has 1 N–H and O–H groups in total. The van der Waals surface area contributed by atoms with Crippen molar-refractivity contribution in [2.24, 2.45) is 29.1 Å². The summed E-state index contributed by atoms with van der Waals surface area (Å²) in [5.41, 5.74) is 3.50.